The van der Waals surface area contributed by atoms with Crippen LogP contribution in [0.15, 0.2) is 22.1 Å². The molecule has 1 N–H and O–H groups in total. The van der Waals surface area contributed by atoms with Crippen LogP contribution in [-0.2, 0) is 12.1 Å². The van der Waals surface area contributed by atoms with Gasteiger partial charge in [-0.15, -0.1) is 0 Å². The SMILES string of the molecule is CCC1(c2nc(NC3CCc4c(F)cc(F)cc43)nc(C)c2[N+](=O)[O-])N=CC=N1. The zero-order valence-electron chi connectivity index (χ0n) is 15.8. The Kier molecular flexibility index (Phi) is 4.56. The molecule has 1 aliphatic carbocycles. The van der Waals surface area contributed by atoms with E-state index in [-0.39, 0.29) is 23.0 Å². The van der Waals surface area contributed by atoms with Gasteiger partial charge in [-0.1, -0.05) is 6.92 Å². The van der Waals surface area contributed by atoms with Crippen molar-refractivity contribution in [1.82, 2.24) is 9.97 Å². The molecular weight excluding hydrogens is 382 g/mol. The highest BCUT2D eigenvalue weighted by atomic mass is 19.1. The summed E-state index contributed by atoms with van der Waals surface area (Å²) in [4.78, 5) is 28.3. The maximum absolute atomic E-state index is 14.0. The van der Waals surface area contributed by atoms with Gasteiger partial charge in [0.1, 0.15) is 17.3 Å². The van der Waals surface area contributed by atoms with Crippen LogP contribution in [0.25, 0.3) is 0 Å². The van der Waals surface area contributed by atoms with Crippen molar-refractivity contribution in [3.63, 3.8) is 0 Å². The number of hydrogen-bond acceptors (Lipinski definition) is 7. The number of nitrogens with zero attached hydrogens (tertiary/aromatic N) is 5. The number of benzene rings is 1. The molecule has 2 aliphatic rings. The fourth-order valence-electron chi connectivity index (χ4n) is 3.90. The minimum Gasteiger partial charge on any atom is -0.347 e. The highest BCUT2D eigenvalue weighted by molar-refractivity contribution is 6.17. The molecule has 0 bridgehead atoms. The molecule has 10 heteroatoms. The number of halogens is 2. The number of nitro groups is 1. The van der Waals surface area contributed by atoms with Crippen molar-refractivity contribution in [2.75, 3.05) is 5.32 Å². The molecule has 1 atom stereocenters. The number of aromatic nitrogens is 2. The first kappa shape index (κ1) is 19.0. The van der Waals surface area contributed by atoms with Crippen molar-refractivity contribution in [3.8, 4) is 0 Å². The number of fused-ring (bicyclic) bond motifs is 1. The van der Waals surface area contributed by atoms with Crippen LogP contribution in [0.4, 0.5) is 20.4 Å². The Hall–Kier alpha value is -3.30. The molecule has 150 valence electrons. The van der Waals surface area contributed by atoms with Gasteiger partial charge in [0, 0.05) is 18.5 Å². The molecule has 0 saturated carbocycles. The number of aryl methyl sites for hydroxylation is 1. The van der Waals surface area contributed by atoms with Gasteiger partial charge in [-0.2, -0.15) is 0 Å². The van der Waals surface area contributed by atoms with E-state index < -0.39 is 28.3 Å². The summed E-state index contributed by atoms with van der Waals surface area (Å²) in [6.45, 7) is 3.33. The summed E-state index contributed by atoms with van der Waals surface area (Å²) in [6.07, 6.45) is 4.32. The molecule has 2 aromatic rings. The van der Waals surface area contributed by atoms with E-state index in [0.29, 0.717) is 30.4 Å². The first-order chi connectivity index (χ1) is 13.8. The van der Waals surface area contributed by atoms with Crippen LogP contribution in [0.3, 0.4) is 0 Å². The Morgan fingerprint density at radius 1 is 1.28 bits per heavy atom. The number of rotatable bonds is 5. The molecule has 4 rings (SSSR count). The molecule has 2 heterocycles. The first-order valence-corrected chi connectivity index (χ1v) is 9.21. The van der Waals surface area contributed by atoms with Gasteiger partial charge >= 0.3 is 5.69 Å². The lowest BCUT2D eigenvalue weighted by Crippen LogP contribution is -2.24. The van der Waals surface area contributed by atoms with Crippen molar-refractivity contribution >= 4 is 24.1 Å². The highest BCUT2D eigenvalue weighted by Crippen LogP contribution is 2.40. The third kappa shape index (κ3) is 3.14. The Morgan fingerprint density at radius 3 is 2.66 bits per heavy atom. The molecule has 1 unspecified atom stereocenters. The zero-order chi connectivity index (χ0) is 20.8. The maximum Gasteiger partial charge on any atom is 0.316 e. The number of aliphatic imine (C=N–C) groups is 2. The summed E-state index contributed by atoms with van der Waals surface area (Å²) in [5, 5.41) is 14.8. The lowest BCUT2D eigenvalue weighted by Gasteiger charge is -2.22. The van der Waals surface area contributed by atoms with Crippen LogP contribution >= 0.6 is 0 Å². The second-order valence-electron chi connectivity index (χ2n) is 7.00. The zero-order valence-corrected chi connectivity index (χ0v) is 15.8. The van der Waals surface area contributed by atoms with Gasteiger partial charge in [-0.05, 0) is 43.4 Å². The van der Waals surface area contributed by atoms with E-state index in [4.69, 9.17) is 0 Å². The molecular formula is C19H18F2N6O2. The minimum atomic E-state index is -1.18. The van der Waals surface area contributed by atoms with Crippen molar-refractivity contribution < 1.29 is 13.7 Å². The Morgan fingerprint density at radius 2 is 2.00 bits per heavy atom. The van der Waals surface area contributed by atoms with E-state index in [2.05, 4.69) is 25.3 Å². The lowest BCUT2D eigenvalue weighted by molar-refractivity contribution is -0.387. The molecule has 0 fully saturated rings. The lowest BCUT2D eigenvalue weighted by atomic mass is 10.0. The van der Waals surface area contributed by atoms with Crippen LogP contribution < -0.4 is 5.32 Å². The van der Waals surface area contributed by atoms with E-state index in [1.807, 2.05) is 6.92 Å². The summed E-state index contributed by atoms with van der Waals surface area (Å²) >= 11 is 0. The molecule has 1 aromatic heterocycles. The predicted octanol–water partition coefficient (Wildman–Crippen LogP) is 3.79. The normalized spacial score (nSPS) is 18.8. The highest BCUT2D eigenvalue weighted by Gasteiger charge is 2.41. The van der Waals surface area contributed by atoms with Gasteiger partial charge in [0.15, 0.2) is 11.4 Å². The van der Waals surface area contributed by atoms with Crippen LogP contribution in [-0.4, -0.2) is 27.3 Å². The van der Waals surface area contributed by atoms with E-state index >= 15 is 0 Å². The average Bonchev–Trinajstić information content (AvgIpc) is 3.29. The largest absolute Gasteiger partial charge is 0.347 e. The van der Waals surface area contributed by atoms with Crippen molar-refractivity contribution in [2.24, 2.45) is 9.98 Å². The van der Waals surface area contributed by atoms with Gasteiger partial charge in [0.2, 0.25) is 5.95 Å². The number of anilines is 1. The molecule has 0 saturated heterocycles. The number of hydrogen-bond donors (Lipinski definition) is 1. The molecule has 0 spiro atoms. The van der Waals surface area contributed by atoms with E-state index in [0.717, 1.165) is 6.07 Å². The molecule has 1 aromatic carbocycles. The second-order valence-corrected chi connectivity index (χ2v) is 7.00. The summed E-state index contributed by atoms with van der Waals surface area (Å²) < 4.78 is 27.7. The Labute approximate surface area is 165 Å². The van der Waals surface area contributed by atoms with Gasteiger partial charge in [-0.3, -0.25) is 20.1 Å². The smallest absolute Gasteiger partial charge is 0.316 e. The first-order valence-electron chi connectivity index (χ1n) is 9.21. The summed E-state index contributed by atoms with van der Waals surface area (Å²) in [5.41, 5.74) is -0.204. The van der Waals surface area contributed by atoms with Crippen LogP contribution in [0.1, 0.15) is 48.3 Å². The Bertz CT molecular complexity index is 1060. The summed E-state index contributed by atoms with van der Waals surface area (Å²) in [6, 6.07) is 1.76. The standard InChI is InChI=1S/C19H18F2N6O2/c1-3-19(22-6-7-23-19)17-16(27(28)29)10(2)24-18(26-17)25-15-5-4-12-13(15)8-11(20)9-14(12)21/h6-9,15H,3-5H2,1-2H3,(H,24,25,26). The maximum atomic E-state index is 14.0. The monoisotopic (exact) mass is 400 g/mol. The minimum absolute atomic E-state index is 0.0913. The van der Waals surface area contributed by atoms with E-state index in [1.165, 1.54) is 25.4 Å². The molecule has 8 nitrogen and oxygen atoms in total. The number of nitrogens with one attached hydrogen (secondary N) is 1. The third-order valence-corrected chi connectivity index (χ3v) is 5.31. The predicted molar refractivity (Wildman–Crippen MR) is 103 cm³/mol. The van der Waals surface area contributed by atoms with Crippen molar-refractivity contribution in [2.45, 2.75) is 44.8 Å². The van der Waals surface area contributed by atoms with E-state index in [9.17, 15) is 18.9 Å². The average molecular weight is 400 g/mol. The molecule has 29 heavy (non-hydrogen) atoms. The topological polar surface area (TPSA) is 106 Å². The van der Waals surface area contributed by atoms with Crippen LogP contribution in [0.5, 0.6) is 0 Å². The molecule has 0 amide bonds. The van der Waals surface area contributed by atoms with Crippen molar-refractivity contribution in [1.29, 1.82) is 0 Å². The summed E-state index contributed by atoms with van der Waals surface area (Å²) in [7, 11) is 0. The van der Waals surface area contributed by atoms with Gasteiger partial charge in [0.05, 0.1) is 11.0 Å². The fourth-order valence-corrected chi connectivity index (χ4v) is 3.90. The van der Waals surface area contributed by atoms with Crippen LogP contribution in [0.2, 0.25) is 0 Å². The fraction of sp³-hybridized carbons (Fsp3) is 0.368. The third-order valence-electron chi connectivity index (χ3n) is 5.31. The quantitative estimate of drug-likeness (QED) is 0.607. The molecule has 1 aliphatic heterocycles. The molecule has 0 radical (unpaired) electrons. The Balaban J connectivity index is 1.77. The summed E-state index contributed by atoms with van der Waals surface area (Å²) in [5.74, 6) is -1.10. The van der Waals surface area contributed by atoms with Crippen LogP contribution in [0, 0.1) is 28.7 Å². The van der Waals surface area contributed by atoms with E-state index in [1.54, 1.807) is 0 Å². The van der Waals surface area contributed by atoms with Gasteiger partial charge in [-0.25, -0.2) is 18.7 Å². The second kappa shape index (κ2) is 6.94. The van der Waals surface area contributed by atoms with Crippen molar-refractivity contribution in [3.05, 3.63) is 56.4 Å². The van der Waals surface area contributed by atoms with Gasteiger partial charge in [0.25, 0.3) is 0 Å². The van der Waals surface area contributed by atoms with Gasteiger partial charge < -0.3 is 5.32 Å².